The fourth-order valence-corrected chi connectivity index (χ4v) is 2.45. The predicted molar refractivity (Wildman–Crippen MR) is 81.5 cm³/mol. The number of ether oxygens (including phenoxy) is 1. The van der Waals surface area contributed by atoms with E-state index < -0.39 is 11.7 Å². The first-order chi connectivity index (χ1) is 10.9. The second-order valence-electron chi connectivity index (χ2n) is 5.01. The molecule has 7 heteroatoms. The highest BCUT2D eigenvalue weighted by Gasteiger charge is 2.31. The van der Waals surface area contributed by atoms with E-state index >= 15 is 0 Å². The average Bonchev–Trinajstić information content (AvgIpc) is 2.81. The van der Waals surface area contributed by atoms with Crippen molar-refractivity contribution in [3.63, 3.8) is 0 Å². The molecule has 3 rings (SSSR count). The molecule has 0 aliphatic carbocycles. The third-order valence-electron chi connectivity index (χ3n) is 3.49. The third-order valence-corrected chi connectivity index (χ3v) is 3.81. The van der Waals surface area contributed by atoms with Crippen molar-refractivity contribution in [1.29, 1.82) is 0 Å². The molecule has 2 aromatic carbocycles. The van der Waals surface area contributed by atoms with Crippen LogP contribution < -0.4 is 4.74 Å². The molecule has 23 heavy (non-hydrogen) atoms. The van der Waals surface area contributed by atoms with E-state index in [1.807, 2.05) is 0 Å². The van der Waals surface area contributed by atoms with Crippen molar-refractivity contribution in [2.75, 3.05) is 0 Å². The molecule has 0 fully saturated rings. The van der Waals surface area contributed by atoms with Gasteiger partial charge >= 0.3 is 6.18 Å². The Morgan fingerprint density at radius 1 is 1.17 bits per heavy atom. The van der Waals surface area contributed by atoms with Crippen molar-refractivity contribution in [1.82, 2.24) is 9.55 Å². The summed E-state index contributed by atoms with van der Waals surface area (Å²) in [6, 6.07) is 10.5. The number of hydrogen-bond donors (Lipinski definition) is 0. The van der Waals surface area contributed by atoms with Gasteiger partial charge in [0.2, 0.25) is 0 Å². The first kappa shape index (κ1) is 15.7. The fourth-order valence-electron chi connectivity index (χ4n) is 2.26. The number of alkyl halides is 3. The van der Waals surface area contributed by atoms with Crippen molar-refractivity contribution < 1.29 is 17.9 Å². The molecule has 1 aromatic heterocycles. The van der Waals surface area contributed by atoms with Gasteiger partial charge in [-0.2, -0.15) is 13.2 Å². The Bertz CT molecular complexity index is 858. The first-order valence-corrected chi connectivity index (χ1v) is 7.14. The zero-order chi connectivity index (χ0) is 16.6. The standard InChI is InChI=1S/C16H12ClF3N2O/c1-22-13-7-6-10(16(18,19)20)8-12(13)21-15(22)9-23-14-5-3-2-4-11(14)17/h2-8H,9H2,1H3. The monoisotopic (exact) mass is 340 g/mol. The van der Waals surface area contributed by atoms with Gasteiger partial charge in [-0.3, -0.25) is 0 Å². The van der Waals surface area contributed by atoms with Crippen LogP contribution in [0.25, 0.3) is 11.0 Å². The minimum Gasteiger partial charge on any atom is -0.484 e. The lowest BCUT2D eigenvalue weighted by Crippen LogP contribution is -2.04. The third kappa shape index (κ3) is 3.12. The van der Waals surface area contributed by atoms with E-state index in [2.05, 4.69) is 4.98 Å². The maximum atomic E-state index is 12.8. The van der Waals surface area contributed by atoms with Gasteiger partial charge in [0.15, 0.2) is 0 Å². The second kappa shape index (κ2) is 5.77. The molecule has 0 saturated heterocycles. The lowest BCUT2D eigenvalue weighted by molar-refractivity contribution is -0.137. The highest BCUT2D eigenvalue weighted by Crippen LogP contribution is 2.31. The molecule has 120 valence electrons. The predicted octanol–water partition coefficient (Wildman–Crippen LogP) is 4.82. The molecule has 0 atom stereocenters. The minimum atomic E-state index is -4.39. The first-order valence-electron chi connectivity index (χ1n) is 6.76. The number of benzene rings is 2. The SMILES string of the molecule is Cn1c(COc2ccccc2Cl)nc2cc(C(F)(F)F)ccc21. The van der Waals surface area contributed by atoms with E-state index in [1.54, 1.807) is 35.9 Å². The van der Waals surface area contributed by atoms with Gasteiger partial charge in [-0.15, -0.1) is 0 Å². The van der Waals surface area contributed by atoms with Crippen molar-refractivity contribution in [3.05, 3.63) is 58.9 Å². The van der Waals surface area contributed by atoms with Crippen LogP contribution in [0.3, 0.4) is 0 Å². The van der Waals surface area contributed by atoms with Crippen LogP contribution in [0.1, 0.15) is 11.4 Å². The van der Waals surface area contributed by atoms with Crippen LogP contribution in [0.15, 0.2) is 42.5 Å². The van der Waals surface area contributed by atoms with E-state index in [0.717, 1.165) is 12.1 Å². The Morgan fingerprint density at radius 2 is 1.91 bits per heavy atom. The highest BCUT2D eigenvalue weighted by molar-refractivity contribution is 6.32. The topological polar surface area (TPSA) is 27.1 Å². The van der Waals surface area contributed by atoms with Crippen LogP contribution in [-0.2, 0) is 19.8 Å². The molecule has 0 N–H and O–H groups in total. The summed E-state index contributed by atoms with van der Waals surface area (Å²) in [7, 11) is 1.73. The van der Waals surface area contributed by atoms with Gasteiger partial charge < -0.3 is 9.30 Å². The van der Waals surface area contributed by atoms with Gasteiger partial charge in [-0.25, -0.2) is 4.98 Å². The highest BCUT2D eigenvalue weighted by atomic mass is 35.5. The Hall–Kier alpha value is -2.21. The van der Waals surface area contributed by atoms with Crippen molar-refractivity contribution >= 4 is 22.6 Å². The van der Waals surface area contributed by atoms with E-state index in [-0.39, 0.29) is 12.1 Å². The normalized spacial score (nSPS) is 11.9. The van der Waals surface area contributed by atoms with Gasteiger partial charge in [0.05, 0.1) is 21.6 Å². The maximum absolute atomic E-state index is 12.8. The summed E-state index contributed by atoms with van der Waals surface area (Å²) in [5.74, 6) is 1.01. The van der Waals surface area contributed by atoms with Gasteiger partial charge in [0, 0.05) is 7.05 Å². The molecule has 0 aliphatic rings. The zero-order valence-corrected chi connectivity index (χ0v) is 12.8. The molecular weight excluding hydrogens is 329 g/mol. The Balaban J connectivity index is 1.90. The Kier molecular flexibility index (Phi) is 3.93. The summed E-state index contributed by atoms with van der Waals surface area (Å²) in [6.45, 7) is 0.107. The summed E-state index contributed by atoms with van der Waals surface area (Å²) < 4.78 is 45.6. The Labute approximate surface area is 135 Å². The van der Waals surface area contributed by atoms with Gasteiger partial charge in [-0.1, -0.05) is 23.7 Å². The van der Waals surface area contributed by atoms with Crippen LogP contribution in [0.4, 0.5) is 13.2 Å². The van der Waals surface area contributed by atoms with E-state index in [4.69, 9.17) is 16.3 Å². The minimum absolute atomic E-state index is 0.107. The van der Waals surface area contributed by atoms with E-state index in [1.165, 1.54) is 6.07 Å². The number of aryl methyl sites for hydroxylation is 1. The molecule has 0 radical (unpaired) electrons. The van der Waals surface area contributed by atoms with Crippen molar-refractivity contribution in [2.24, 2.45) is 7.05 Å². The summed E-state index contributed by atoms with van der Waals surface area (Å²) in [4.78, 5) is 4.23. The van der Waals surface area contributed by atoms with Crippen LogP contribution in [0, 0.1) is 0 Å². The number of halogens is 4. The number of hydrogen-bond acceptors (Lipinski definition) is 2. The van der Waals surface area contributed by atoms with Crippen LogP contribution >= 0.6 is 11.6 Å². The van der Waals surface area contributed by atoms with E-state index in [0.29, 0.717) is 22.1 Å². The summed E-state index contributed by atoms with van der Waals surface area (Å²) >= 11 is 6.00. The molecule has 0 unspecified atom stereocenters. The van der Waals surface area contributed by atoms with Crippen LogP contribution in [0.5, 0.6) is 5.75 Å². The zero-order valence-electron chi connectivity index (χ0n) is 12.1. The maximum Gasteiger partial charge on any atom is 0.416 e. The number of para-hydroxylation sites is 1. The molecular formula is C16H12ClF3N2O. The molecule has 3 aromatic rings. The van der Waals surface area contributed by atoms with E-state index in [9.17, 15) is 13.2 Å². The van der Waals surface area contributed by atoms with Gasteiger partial charge in [0.25, 0.3) is 0 Å². The molecule has 0 aliphatic heterocycles. The molecule has 0 bridgehead atoms. The summed E-state index contributed by atoms with van der Waals surface area (Å²) in [6.07, 6.45) is -4.39. The second-order valence-corrected chi connectivity index (χ2v) is 5.41. The summed E-state index contributed by atoms with van der Waals surface area (Å²) in [5, 5.41) is 0.464. The lowest BCUT2D eigenvalue weighted by Gasteiger charge is -2.07. The molecule has 0 saturated carbocycles. The lowest BCUT2D eigenvalue weighted by atomic mass is 10.2. The smallest absolute Gasteiger partial charge is 0.416 e. The van der Waals surface area contributed by atoms with Crippen LogP contribution in [0.2, 0.25) is 5.02 Å². The molecule has 0 amide bonds. The largest absolute Gasteiger partial charge is 0.484 e. The van der Waals surface area contributed by atoms with Gasteiger partial charge in [0.1, 0.15) is 18.2 Å². The number of fused-ring (bicyclic) bond motifs is 1. The fraction of sp³-hybridized carbons (Fsp3) is 0.188. The number of aromatic nitrogens is 2. The van der Waals surface area contributed by atoms with Gasteiger partial charge in [-0.05, 0) is 30.3 Å². The number of nitrogens with zero attached hydrogens (tertiary/aromatic N) is 2. The quantitative estimate of drug-likeness (QED) is 0.683. The summed E-state index contributed by atoms with van der Waals surface area (Å²) in [5.41, 5.74) is 0.164. The molecule has 1 heterocycles. The Morgan fingerprint density at radius 3 is 2.61 bits per heavy atom. The number of imidazole rings is 1. The van der Waals surface area contributed by atoms with Crippen molar-refractivity contribution in [3.8, 4) is 5.75 Å². The molecule has 3 nitrogen and oxygen atoms in total. The number of rotatable bonds is 3. The van der Waals surface area contributed by atoms with Crippen molar-refractivity contribution in [2.45, 2.75) is 12.8 Å². The van der Waals surface area contributed by atoms with Crippen LogP contribution in [-0.4, -0.2) is 9.55 Å². The molecule has 0 spiro atoms. The average molecular weight is 341 g/mol.